The fourth-order valence-corrected chi connectivity index (χ4v) is 2.97. The Labute approximate surface area is 132 Å². The molecule has 0 spiro atoms. The molecule has 0 atom stereocenters. The molecule has 3 aromatic rings. The molecule has 0 bridgehead atoms. The molecule has 0 unspecified atom stereocenters. The van der Waals surface area contributed by atoms with E-state index in [1.165, 1.54) is 4.88 Å². The van der Waals surface area contributed by atoms with Crippen LogP contribution in [0.4, 0.5) is 5.82 Å². The summed E-state index contributed by atoms with van der Waals surface area (Å²) >= 11 is 1.67. The van der Waals surface area contributed by atoms with Gasteiger partial charge in [-0.15, -0.1) is 11.3 Å². The monoisotopic (exact) mass is 315 g/mol. The largest absolute Gasteiger partial charge is 0.497 e. The third-order valence-corrected chi connectivity index (χ3v) is 4.13. The van der Waals surface area contributed by atoms with Crippen LogP contribution in [-0.4, -0.2) is 30.2 Å². The molecule has 0 fully saturated rings. The van der Waals surface area contributed by atoms with Crippen molar-refractivity contribution in [2.75, 3.05) is 25.6 Å². The molecule has 0 saturated heterocycles. The number of hydrogen-bond acceptors (Lipinski definition) is 6. The molecule has 0 amide bonds. The van der Waals surface area contributed by atoms with Gasteiger partial charge in [-0.2, -0.15) is 0 Å². The van der Waals surface area contributed by atoms with Crippen LogP contribution in [0.3, 0.4) is 0 Å². The van der Waals surface area contributed by atoms with Gasteiger partial charge in [-0.05, 0) is 37.3 Å². The first-order chi connectivity index (χ1) is 10.8. The molecule has 5 nitrogen and oxygen atoms in total. The molecule has 2 aromatic heterocycles. The van der Waals surface area contributed by atoms with E-state index in [1.807, 2.05) is 24.3 Å². The molecule has 0 radical (unpaired) electrons. The van der Waals surface area contributed by atoms with Gasteiger partial charge in [0.15, 0.2) is 0 Å². The Morgan fingerprint density at radius 2 is 1.91 bits per heavy atom. The number of thiophene rings is 1. The lowest BCUT2D eigenvalue weighted by Gasteiger charge is -2.09. The SMILES string of the molecule is COc1ccc(OCCNc2ncnc3sc(C)cc23)cc1. The second kappa shape index (κ2) is 6.62. The van der Waals surface area contributed by atoms with Crippen LogP contribution in [0.5, 0.6) is 11.5 Å². The van der Waals surface area contributed by atoms with Crippen LogP contribution in [0.25, 0.3) is 10.2 Å². The Morgan fingerprint density at radius 3 is 2.68 bits per heavy atom. The summed E-state index contributed by atoms with van der Waals surface area (Å²) in [5, 5.41) is 4.36. The molecule has 2 heterocycles. The Bertz CT molecular complexity index is 756. The molecule has 1 N–H and O–H groups in total. The van der Waals surface area contributed by atoms with Gasteiger partial charge < -0.3 is 14.8 Å². The van der Waals surface area contributed by atoms with E-state index < -0.39 is 0 Å². The number of nitrogens with one attached hydrogen (secondary N) is 1. The molecule has 22 heavy (non-hydrogen) atoms. The highest BCUT2D eigenvalue weighted by atomic mass is 32.1. The lowest BCUT2D eigenvalue weighted by atomic mass is 10.3. The van der Waals surface area contributed by atoms with Crippen LogP contribution in [0.2, 0.25) is 0 Å². The first kappa shape index (κ1) is 14.6. The summed E-state index contributed by atoms with van der Waals surface area (Å²) in [6, 6.07) is 9.65. The van der Waals surface area contributed by atoms with Gasteiger partial charge in [-0.3, -0.25) is 0 Å². The topological polar surface area (TPSA) is 56.3 Å². The highest BCUT2D eigenvalue weighted by Crippen LogP contribution is 2.27. The summed E-state index contributed by atoms with van der Waals surface area (Å²) in [4.78, 5) is 10.8. The zero-order valence-electron chi connectivity index (χ0n) is 12.5. The van der Waals surface area contributed by atoms with Gasteiger partial charge in [0.05, 0.1) is 19.0 Å². The molecule has 0 saturated carbocycles. The van der Waals surface area contributed by atoms with Crippen LogP contribution in [-0.2, 0) is 0 Å². The van der Waals surface area contributed by atoms with E-state index in [4.69, 9.17) is 9.47 Å². The van der Waals surface area contributed by atoms with Crippen molar-refractivity contribution in [1.29, 1.82) is 0 Å². The Hall–Kier alpha value is -2.34. The molecule has 0 aliphatic heterocycles. The van der Waals surface area contributed by atoms with Gasteiger partial charge in [-0.25, -0.2) is 9.97 Å². The first-order valence-corrected chi connectivity index (χ1v) is 7.80. The van der Waals surface area contributed by atoms with Crippen molar-refractivity contribution in [1.82, 2.24) is 9.97 Å². The second-order valence-corrected chi connectivity index (χ2v) is 5.98. The third-order valence-electron chi connectivity index (χ3n) is 3.18. The summed E-state index contributed by atoms with van der Waals surface area (Å²) in [5.41, 5.74) is 0. The van der Waals surface area contributed by atoms with Crippen molar-refractivity contribution >= 4 is 27.4 Å². The zero-order chi connectivity index (χ0) is 15.4. The van der Waals surface area contributed by atoms with Gasteiger partial charge in [0.1, 0.15) is 35.1 Å². The molecule has 3 rings (SSSR count). The summed E-state index contributed by atoms with van der Waals surface area (Å²) < 4.78 is 10.8. The van der Waals surface area contributed by atoms with E-state index in [9.17, 15) is 0 Å². The first-order valence-electron chi connectivity index (χ1n) is 6.98. The van der Waals surface area contributed by atoms with Crippen molar-refractivity contribution < 1.29 is 9.47 Å². The summed E-state index contributed by atoms with van der Waals surface area (Å²) in [6.45, 7) is 3.30. The minimum absolute atomic E-state index is 0.556. The molecule has 1 aromatic carbocycles. The summed E-state index contributed by atoms with van der Waals surface area (Å²) in [6.07, 6.45) is 1.59. The standard InChI is InChI=1S/C16H17N3O2S/c1-11-9-14-15(18-10-19-16(14)22-11)17-7-8-21-13-5-3-12(20-2)4-6-13/h3-6,9-10H,7-8H2,1-2H3,(H,17,18,19). The number of rotatable bonds is 6. The van der Waals surface area contributed by atoms with Gasteiger partial charge in [-0.1, -0.05) is 0 Å². The average molecular weight is 315 g/mol. The van der Waals surface area contributed by atoms with Crippen LogP contribution in [0, 0.1) is 6.92 Å². The smallest absolute Gasteiger partial charge is 0.138 e. The van der Waals surface area contributed by atoms with E-state index in [-0.39, 0.29) is 0 Å². The number of ether oxygens (including phenoxy) is 2. The number of aryl methyl sites for hydroxylation is 1. The fraction of sp³-hybridized carbons (Fsp3) is 0.250. The second-order valence-electron chi connectivity index (χ2n) is 4.75. The Balaban J connectivity index is 1.55. The molecule has 114 valence electrons. The average Bonchev–Trinajstić information content (AvgIpc) is 2.93. The molecular weight excluding hydrogens is 298 g/mol. The highest BCUT2D eigenvalue weighted by molar-refractivity contribution is 7.18. The molecular formula is C16H17N3O2S. The van der Waals surface area contributed by atoms with Crippen molar-refractivity contribution in [3.05, 3.63) is 41.5 Å². The van der Waals surface area contributed by atoms with Crippen molar-refractivity contribution in [2.45, 2.75) is 6.92 Å². The fourth-order valence-electron chi connectivity index (χ4n) is 2.13. The number of fused-ring (bicyclic) bond motifs is 1. The van der Waals surface area contributed by atoms with E-state index in [1.54, 1.807) is 24.8 Å². The lowest BCUT2D eigenvalue weighted by Crippen LogP contribution is -2.12. The Kier molecular flexibility index (Phi) is 4.39. The van der Waals surface area contributed by atoms with Gasteiger partial charge in [0.25, 0.3) is 0 Å². The minimum Gasteiger partial charge on any atom is -0.497 e. The number of anilines is 1. The maximum Gasteiger partial charge on any atom is 0.138 e. The van der Waals surface area contributed by atoms with Crippen molar-refractivity contribution in [2.24, 2.45) is 0 Å². The maximum absolute atomic E-state index is 5.69. The van der Waals surface area contributed by atoms with Crippen LogP contribution in [0.1, 0.15) is 4.88 Å². The summed E-state index contributed by atoms with van der Waals surface area (Å²) in [7, 11) is 1.65. The minimum atomic E-state index is 0.556. The van der Waals surface area contributed by atoms with Crippen molar-refractivity contribution in [3.8, 4) is 11.5 Å². The number of hydrogen-bond donors (Lipinski definition) is 1. The lowest BCUT2D eigenvalue weighted by molar-refractivity contribution is 0.331. The van der Waals surface area contributed by atoms with Crippen LogP contribution in [0.15, 0.2) is 36.7 Å². The number of methoxy groups -OCH3 is 1. The van der Waals surface area contributed by atoms with Gasteiger partial charge >= 0.3 is 0 Å². The predicted octanol–water partition coefficient (Wildman–Crippen LogP) is 3.50. The van der Waals surface area contributed by atoms with Gasteiger partial charge in [0.2, 0.25) is 0 Å². The maximum atomic E-state index is 5.69. The predicted molar refractivity (Wildman–Crippen MR) is 89.1 cm³/mol. The normalized spacial score (nSPS) is 10.6. The number of aromatic nitrogens is 2. The highest BCUT2D eigenvalue weighted by Gasteiger charge is 2.06. The van der Waals surface area contributed by atoms with Crippen LogP contribution < -0.4 is 14.8 Å². The summed E-state index contributed by atoms with van der Waals surface area (Å²) in [5.74, 6) is 2.50. The van der Waals surface area contributed by atoms with E-state index in [0.717, 1.165) is 27.5 Å². The Morgan fingerprint density at radius 1 is 1.14 bits per heavy atom. The number of benzene rings is 1. The van der Waals surface area contributed by atoms with Crippen LogP contribution >= 0.6 is 11.3 Å². The van der Waals surface area contributed by atoms with E-state index in [2.05, 4.69) is 28.3 Å². The van der Waals surface area contributed by atoms with E-state index >= 15 is 0 Å². The molecule has 6 heteroatoms. The van der Waals surface area contributed by atoms with Crippen molar-refractivity contribution in [3.63, 3.8) is 0 Å². The molecule has 0 aliphatic carbocycles. The van der Waals surface area contributed by atoms with Gasteiger partial charge in [0, 0.05) is 4.88 Å². The quantitative estimate of drug-likeness (QED) is 0.706. The zero-order valence-corrected chi connectivity index (χ0v) is 13.3. The molecule has 0 aliphatic rings. The van der Waals surface area contributed by atoms with E-state index in [0.29, 0.717) is 13.2 Å². The number of nitrogens with zero attached hydrogens (tertiary/aromatic N) is 2. The third kappa shape index (κ3) is 3.28.